The fraction of sp³-hybridized carbons (Fsp3) is 0.190. The van der Waals surface area contributed by atoms with Gasteiger partial charge in [0.15, 0.2) is 0 Å². The normalized spacial score (nSPS) is 11.6. The van der Waals surface area contributed by atoms with Crippen molar-refractivity contribution in [3.8, 4) is 5.69 Å². The maximum atomic E-state index is 12.6. The van der Waals surface area contributed by atoms with Crippen LogP contribution >= 0.6 is 0 Å². The van der Waals surface area contributed by atoms with E-state index in [1.165, 1.54) is 7.11 Å². The Labute approximate surface area is 157 Å². The number of carbonyl (C=O) groups excluding carboxylic acids is 2. The summed E-state index contributed by atoms with van der Waals surface area (Å²) in [5.41, 5.74) is 3.27. The second-order valence-electron chi connectivity index (χ2n) is 6.17. The summed E-state index contributed by atoms with van der Waals surface area (Å²) >= 11 is 0. The topological polar surface area (TPSA) is 73.2 Å². The molecule has 6 heteroatoms. The average Bonchev–Trinajstić information content (AvgIpc) is 3.13. The van der Waals surface area contributed by atoms with Crippen molar-refractivity contribution in [3.63, 3.8) is 0 Å². The van der Waals surface area contributed by atoms with Crippen molar-refractivity contribution in [2.24, 2.45) is 0 Å². The molecule has 138 valence electrons. The van der Waals surface area contributed by atoms with Gasteiger partial charge in [-0.3, -0.25) is 4.79 Å². The van der Waals surface area contributed by atoms with Gasteiger partial charge in [-0.1, -0.05) is 30.3 Å². The molecule has 2 aromatic carbocycles. The van der Waals surface area contributed by atoms with Crippen LogP contribution in [0.15, 0.2) is 66.9 Å². The Balaban J connectivity index is 1.73. The van der Waals surface area contributed by atoms with Crippen LogP contribution in [0.25, 0.3) is 5.69 Å². The minimum atomic E-state index is -0.752. The summed E-state index contributed by atoms with van der Waals surface area (Å²) in [5.74, 6) is -0.805. The van der Waals surface area contributed by atoms with E-state index in [4.69, 9.17) is 4.74 Å². The molecule has 0 aliphatic rings. The summed E-state index contributed by atoms with van der Waals surface area (Å²) in [5, 5.41) is 7.01. The molecule has 27 heavy (non-hydrogen) atoms. The van der Waals surface area contributed by atoms with E-state index < -0.39 is 12.0 Å². The number of amides is 1. The predicted octanol–water partition coefficient (Wildman–Crippen LogP) is 2.69. The molecular weight excluding hydrogens is 342 g/mol. The molecule has 1 aromatic heterocycles. The van der Waals surface area contributed by atoms with Crippen molar-refractivity contribution >= 4 is 11.9 Å². The quantitative estimate of drug-likeness (QED) is 0.684. The number of carbonyl (C=O) groups is 2. The number of rotatable bonds is 6. The maximum Gasteiger partial charge on any atom is 0.328 e. The summed E-state index contributed by atoms with van der Waals surface area (Å²) in [6, 6.07) is 17.7. The molecule has 0 fully saturated rings. The molecule has 1 heterocycles. The van der Waals surface area contributed by atoms with Crippen LogP contribution in [0, 0.1) is 6.92 Å². The molecule has 0 saturated heterocycles. The van der Waals surface area contributed by atoms with E-state index >= 15 is 0 Å². The van der Waals surface area contributed by atoms with Gasteiger partial charge in [0.05, 0.1) is 12.8 Å². The molecule has 0 aliphatic carbocycles. The first-order valence-electron chi connectivity index (χ1n) is 8.62. The van der Waals surface area contributed by atoms with E-state index in [0.717, 1.165) is 16.9 Å². The summed E-state index contributed by atoms with van der Waals surface area (Å²) in [4.78, 5) is 24.7. The van der Waals surface area contributed by atoms with Gasteiger partial charge in [-0.25, -0.2) is 9.48 Å². The number of aromatic nitrogens is 2. The predicted molar refractivity (Wildman–Crippen MR) is 102 cm³/mol. The van der Waals surface area contributed by atoms with Gasteiger partial charge in [0.1, 0.15) is 6.04 Å². The maximum absolute atomic E-state index is 12.6. The summed E-state index contributed by atoms with van der Waals surface area (Å²) in [6.45, 7) is 1.96. The smallest absolute Gasteiger partial charge is 0.328 e. The lowest BCUT2D eigenvalue weighted by atomic mass is 10.1. The number of benzene rings is 2. The fourth-order valence-corrected chi connectivity index (χ4v) is 2.82. The lowest BCUT2D eigenvalue weighted by molar-refractivity contribution is -0.142. The largest absolute Gasteiger partial charge is 0.467 e. The first-order chi connectivity index (χ1) is 13.1. The lowest BCUT2D eigenvalue weighted by Crippen LogP contribution is -2.43. The zero-order chi connectivity index (χ0) is 19.2. The van der Waals surface area contributed by atoms with Crippen molar-refractivity contribution in [2.45, 2.75) is 19.4 Å². The van der Waals surface area contributed by atoms with Crippen LogP contribution in [0.5, 0.6) is 0 Å². The summed E-state index contributed by atoms with van der Waals surface area (Å²) < 4.78 is 6.62. The first kappa shape index (κ1) is 18.4. The Morgan fingerprint density at radius 3 is 2.37 bits per heavy atom. The van der Waals surface area contributed by atoms with Crippen molar-refractivity contribution in [1.29, 1.82) is 0 Å². The van der Waals surface area contributed by atoms with Crippen LogP contribution in [0.3, 0.4) is 0 Å². The number of nitrogens with zero attached hydrogens (tertiary/aromatic N) is 2. The van der Waals surface area contributed by atoms with Crippen LogP contribution < -0.4 is 5.32 Å². The number of ether oxygens (including phenoxy) is 1. The Hall–Kier alpha value is -3.41. The number of aryl methyl sites for hydroxylation is 1. The monoisotopic (exact) mass is 363 g/mol. The minimum absolute atomic E-state index is 0.329. The van der Waals surface area contributed by atoms with E-state index in [-0.39, 0.29) is 5.91 Å². The second-order valence-corrected chi connectivity index (χ2v) is 6.17. The fourth-order valence-electron chi connectivity index (χ4n) is 2.82. The van der Waals surface area contributed by atoms with Gasteiger partial charge >= 0.3 is 5.97 Å². The Morgan fingerprint density at radius 2 is 1.78 bits per heavy atom. The number of nitrogens with one attached hydrogen (secondary N) is 1. The molecule has 1 N–H and O–H groups in total. The molecule has 0 saturated carbocycles. The molecule has 3 rings (SSSR count). The molecule has 0 unspecified atom stereocenters. The molecule has 0 aliphatic heterocycles. The third kappa shape index (κ3) is 4.41. The van der Waals surface area contributed by atoms with Crippen molar-refractivity contribution in [3.05, 3.63) is 83.7 Å². The summed E-state index contributed by atoms with van der Waals surface area (Å²) in [7, 11) is 1.31. The Bertz CT molecular complexity index is 917. The van der Waals surface area contributed by atoms with Crippen molar-refractivity contribution in [1.82, 2.24) is 15.1 Å². The Morgan fingerprint density at radius 1 is 1.07 bits per heavy atom. The van der Waals surface area contributed by atoms with E-state index in [9.17, 15) is 9.59 Å². The van der Waals surface area contributed by atoms with Gasteiger partial charge < -0.3 is 10.1 Å². The molecule has 1 amide bonds. The zero-order valence-electron chi connectivity index (χ0n) is 15.3. The lowest BCUT2D eigenvalue weighted by Gasteiger charge is -2.17. The third-order valence-electron chi connectivity index (χ3n) is 4.28. The van der Waals surface area contributed by atoms with Gasteiger partial charge in [0, 0.05) is 23.9 Å². The summed E-state index contributed by atoms with van der Waals surface area (Å²) in [6.07, 6.45) is 2.09. The van der Waals surface area contributed by atoms with Crippen molar-refractivity contribution < 1.29 is 14.3 Å². The number of hydrogen-bond donors (Lipinski definition) is 1. The van der Waals surface area contributed by atoms with Crippen molar-refractivity contribution in [2.75, 3.05) is 7.11 Å². The highest BCUT2D eigenvalue weighted by molar-refractivity contribution is 5.97. The third-order valence-corrected chi connectivity index (χ3v) is 4.28. The van der Waals surface area contributed by atoms with Crippen LogP contribution in [0.4, 0.5) is 0 Å². The SMILES string of the molecule is COC(=O)[C@H](Cc1ccccc1)NC(=O)c1ccc(-n2nccc2C)cc1. The Kier molecular flexibility index (Phi) is 5.66. The van der Waals surface area contributed by atoms with E-state index in [1.807, 2.05) is 55.5 Å². The highest BCUT2D eigenvalue weighted by Crippen LogP contribution is 2.12. The van der Waals surface area contributed by atoms with Gasteiger partial charge in [0.2, 0.25) is 0 Å². The van der Waals surface area contributed by atoms with Gasteiger partial charge in [-0.05, 0) is 42.8 Å². The number of hydrogen-bond acceptors (Lipinski definition) is 4. The number of methoxy groups -OCH3 is 1. The van der Waals surface area contributed by atoms with E-state index in [0.29, 0.717) is 12.0 Å². The highest BCUT2D eigenvalue weighted by atomic mass is 16.5. The molecule has 6 nitrogen and oxygen atoms in total. The van der Waals surface area contributed by atoms with Gasteiger partial charge in [0.25, 0.3) is 5.91 Å². The number of esters is 1. The molecule has 3 aromatic rings. The van der Waals surface area contributed by atoms with E-state index in [1.54, 1.807) is 23.0 Å². The first-order valence-corrected chi connectivity index (χ1v) is 8.62. The second kappa shape index (κ2) is 8.31. The van der Waals surface area contributed by atoms with Gasteiger partial charge in [-0.15, -0.1) is 0 Å². The minimum Gasteiger partial charge on any atom is -0.467 e. The van der Waals surface area contributed by atoms with Crippen LogP contribution in [-0.2, 0) is 16.0 Å². The highest BCUT2D eigenvalue weighted by Gasteiger charge is 2.22. The average molecular weight is 363 g/mol. The van der Waals surface area contributed by atoms with Gasteiger partial charge in [-0.2, -0.15) is 5.10 Å². The van der Waals surface area contributed by atoms with Crippen LogP contribution in [0.1, 0.15) is 21.6 Å². The van der Waals surface area contributed by atoms with E-state index in [2.05, 4.69) is 10.4 Å². The van der Waals surface area contributed by atoms with Crippen LogP contribution in [-0.4, -0.2) is 34.8 Å². The molecular formula is C21H21N3O3. The molecule has 0 radical (unpaired) electrons. The zero-order valence-corrected chi connectivity index (χ0v) is 15.3. The molecule has 1 atom stereocenters. The van der Waals surface area contributed by atoms with Crippen LogP contribution in [0.2, 0.25) is 0 Å². The standard InChI is InChI=1S/C21H21N3O3/c1-15-12-13-22-24(15)18-10-8-17(9-11-18)20(25)23-19(21(26)27-2)14-16-6-4-3-5-7-16/h3-13,19H,14H2,1-2H3,(H,23,25)/t19-/m0/s1. The molecule has 0 spiro atoms. The molecule has 0 bridgehead atoms.